The summed E-state index contributed by atoms with van der Waals surface area (Å²) in [6, 6.07) is 11.3. The first-order valence-corrected chi connectivity index (χ1v) is 5.35. The van der Waals surface area contributed by atoms with Crippen molar-refractivity contribution in [1.82, 2.24) is 0 Å². The largest absolute Gasteiger partial charge is 0.494 e. The van der Waals surface area contributed by atoms with Gasteiger partial charge in [0.05, 0.1) is 12.9 Å². The third-order valence-electron chi connectivity index (χ3n) is 2.30. The fourth-order valence-electron chi connectivity index (χ4n) is 1.46. The molecule has 0 unspecified atom stereocenters. The molecule has 1 aromatic heterocycles. The van der Waals surface area contributed by atoms with Crippen LogP contribution in [-0.2, 0) is 6.42 Å². The third kappa shape index (κ3) is 3.05. The highest BCUT2D eigenvalue weighted by Gasteiger charge is 1.97. The van der Waals surface area contributed by atoms with E-state index in [4.69, 9.17) is 14.9 Å². The molecule has 3 heteroatoms. The van der Waals surface area contributed by atoms with Crippen LogP contribution in [0.3, 0.4) is 0 Å². The first-order chi connectivity index (χ1) is 7.84. The molecule has 2 rings (SSSR count). The molecule has 0 saturated heterocycles. The molecule has 2 N–H and O–H groups in total. The summed E-state index contributed by atoms with van der Waals surface area (Å²) < 4.78 is 10.8. The number of rotatable bonds is 5. The lowest BCUT2D eigenvalue weighted by atomic mass is 10.2. The molecule has 1 aromatic carbocycles. The van der Waals surface area contributed by atoms with E-state index in [1.165, 1.54) is 0 Å². The molecule has 0 atom stereocenters. The highest BCUT2D eigenvalue weighted by Crippen LogP contribution is 2.13. The molecule has 0 spiro atoms. The fraction of sp³-hybridized carbons (Fsp3) is 0.231. The zero-order valence-electron chi connectivity index (χ0n) is 9.06. The maximum atomic E-state index is 5.58. The Kier molecular flexibility index (Phi) is 3.49. The zero-order valence-corrected chi connectivity index (χ0v) is 9.06. The molecule has 0 radical (unpaired) electrons. The summed E-state index contributed by atoms with van der Waals surface area (Å²) in [7, 11) is 0. The lowest BCUT2D eigenvalue weighted by molar-refractivity contribution is 0.306. The van der Waals surface area contributed by atoms with Gasteiger partial charge in [0.1, 0.15) is 11.5 Å². The van der Waals surface area contributed by atoms with Gasteiger partial charge in [-0.15, -0.1) is 0 Å². The van der Waals surface area contributed by atoms with Crippen LogP contribution >= 0.6 is 0 Å². The predicted molar refractivity (Wildman–Crippen MR) is 63.4 cm³/mol. The Labute approximate surface area is 94.8 Å². The van der Waals surface area contributed by atoms with Crippen molar-refractivity contribution in [3.8, 4) is 5.75 Å². The van der Waals surface area contributed by atoms with Crippen LogP contribution in [0.5, 0.6) is 5.75 Å². The van der Waals surface area contributed by atoms with Crippen molar-refractivity contribution in [3.63, 3.8) is 0 Å². The van der Waals surface area contributed by atoms with Crippen LogP contribution in [-0.4, -0.2) is 6.61 Å². The van der Waals surface area contributed by atoms with E-state index in [2.05, 4.69) is 0 Å². The fourth-order valence-corrected chi connectivity index (χ4v) is 1.46. The smallest absolute Gasteiger partial charge is 0.119 e. The average Bonchev–Trinajstić information content (AvgIpc) is 2.80. The number of furan rings is 1. The van der Waals surface area contributed by atoms with Crippen molar-refractivity contribution in [2.75, 3.05) is 12.3 Å². The van der Waals surface area contributed by atoms with Gasteiger partial charge in [0.2, 0.25) is 0 Å². The maximum Gasteiger partial charge on any atom is 0.119 e. The minimum absolute atomic E-state index is 0.685. The Morgan fingerprint density at radius 1 is 1.12 bits per heavy atom. The van der Waals surface area contributed by atoms with Gasteiger partial charge in [-0.05, 0) is 42.8 Å². The van der Waals surface area contributed by atoms with Crippen LogP contribution in [0.15, 0.2) is 47.1 Å². The summed E-state index contributed by atoms with van der Waals surface area (Å²) in [5.41, 5.74) is 6.33. The molecule has 0 aliphatic heterocycles. The second-order valence-electron chi connectivity index (χ2n) is 3.60. The van der Waals surface area contributed by atoms with Gasteiger partial charge >= 0.3 is 0 Å². The highest BCUT2D eigenvalue weighted by atomic mass is 16.5. The minimum Gasteiger partial charge on any atom is -0.494 e. The predicted octanol–water partition coefficient (Wildman–Crippen LogP) is 2.87. The van der Waals surface area contributed by atoms with E-state index in [-0.39, 0.29) is 0 Å². The number of aryl methyl sites for hydroxylation is 1. The van der Waals surface area contributed by atoms with Gasteiger partial charge in [-0.1, -0.05) is 0 Å². The number of benzene rings is 1. The molecule has 0 bridgehead atoms. The van der Waals surface area contributed by atoms with Crippen LogP contribution in [0.4, 0.5) is 5.69 Å². The first kappa shape index (κ1) is 10.6. The molecular weight excluding hydrogens is 202 g/mol. The van der Waals surface area contributed by atoms with Crippen molar-refractivity contribution >= 4 is 5.69 Å². The molecule has 3 nitrogen and oxygen atoms in total. The van der Waals surface area contributed by atoms with Crippen molar-refractivity contribution in [1.29, 1.82) is 0 Å². The monoisotopic (exact) mass is 217 g/mol. The minimum atomic E-state index is 0.685. The highest BCUT2D eigenvalue weighted by molar-refractivity contribution is 5.41. The summed E-state index contributed by atoms with van der Waals surface area (Å²) in [4.78, 5) is 0. The van der Waals surface area contributed by atoms with E-state index in [1.54, 1.807) is 6.26 Å². The van der Waals surface area contributed by atoms with Gasteiger partial charge < -0.3 is 14.9 Å². The topological polar surface area (TPSA) is 48.4 Å². The number of nitrogens with two attached hydrogens (primary N) is 1. The SMILES string of the molecule is Nc1ccc(OCCCc2ccco2)cc1. The van der Waals surface area contributed by atoms with E-state index >= 15 is 0 Å². The number of nitrogen functional groups attached to an aromatic ring is 1. The number of hydrogen-bond acceptors (Lipinski definition) is 3. The lowest BCUT2D eigenvalue weighted by Gasteiger charge is -2.05. The van der Waals surface area contributed by atoms with Crippen LogP contribution in [0.1, 0.15) is 12.2 Å². The molecule has 0 saturated carbocycles. The van der Waals surface area contributed by atoms with Crippen molar-refractivity contribution < 1.29 is 9.15 Å². The van der Waals surface area contributed by atoms with E-state index in [0.717, 1.165) is 30.0 Å². The third-order valence-corrected chi connectivity index (χ3v) is 2.30. The quantitative estimate of drug-likeness (QED) is 0.618. The summed E-state index contributed by atoms with van der Waals surface area (Å²) in [6.07, 6.45) is 3.54. The maximum absolute atomic E-state index is 5.58. The van der Waals surface area contributed by atoms with E-state index in [9.17, 15) is 0 Å². The van der Waals surface area contributed by atoms with Gasteiger partial charge in [0, 0.05) is 12.1 Å². The lowest BCUT2D eigenvalue weighted by Crippen LogP contribution is -1.99. The van der Waals surface area contributed by atoms with Crippen LogP contribution < -0.4 is 10.5 Å². The van der Waals surface area contributed by atoms with Gasteiger partial charge in [-0.25, -0.2) is 0 Å². The van der Waals surface area contributed by atoms with Gasteiger partial charge in [-0.3, -0.25) is 0 Å². The van der Waals surface area contributed by atoms with E-state index in [0.29, 0.717) is 6.61 Å². The molecule has 84 valence electrons. The number of hydrogen-bond donors (Lipinski definition) is 1. The molecule has 0 aliphatic rings. The van der Waals surface area contributed by atoms with Crippen molar-refractivity contribution in [3.05, 3.63) is 48.4 Å². The Morgan fingerprint density at radius 3 is 2.62 bits per heavy atom. The first-order valence-electron chi connectivity index (χ1n) is 5.35. The van der Waals surface area contributed by atoms with Crippen LogP contribution in [0.2, 0.25) is 0 Å². The van der Waals surface area contributed by atoms with Crippen molar-refractivity contribution in [2.45, 2.75) is 12.8 Å². The number of anilines is 1. The van der Waals surface area contributed by atoms with Gasteiger partial charge in [0.25, 0.3) is 0 Å². The summed E-state index contributed by atoms with van der Waals surface area (Å²) in [5.74, 6) is 1.86. The van der Waals surface area contributed by atoms with Gasteiger partial charge in [0.15, 0.2) is 0 Å². The van der Waals surface area contributed by atoms with E-state index in [1.807, 2.05) is 36.4 Å². The second kappa shape index (κ2) is 5.26. The van der Waals surface area contributed by atoms with Crippen molar-refractivity contribution in [2.24, 2.45) is 0 Å². The standard InChI is InChI=1S/C13H15NO2/c14-11-5-7-13(8-6-11)16-10-2-4-12-3-1-9-15-12/h1,3,5-9H,2,4,10,14H2. The summed E-state index contributed by atoms with van der Waals surface area (Å²) >= 11 is 0. The summed E-state index contributed by atoms with van der Waals surface area (Å²) in [5, 5.41) is 0. The molecule has 0 amide bonds. The molecule has 0 aliphatic carbocycles. The summed E-state index contributed by atoms with van der Waals surface area (Å²) in [6.45, 7) is 0.685. The van der Waals surface area contributed by atoms with E-state index < -0.39 is 0 Å². The van der Waals surface area contributed by atoms with Gasteiger partial charge in [-0.2, -0.15) is 0 Å². The zero-order chi connectivity index (χ0) is 11.2. The Morgan fingerprint density at radius 2 is 1.94 bits per heavy atom. The molecule has 2 aromatic rings. The normalized spacial score (nSPS) is 10.2. The Bertz CT molecular complexity index is 406. The van der Waals surface area contributed by atoms with Crippen LogP contribution in [0, 0.1) is 0 Å². The average molecular weight is 217 g/mol. The van der Waals surface area contributed by atoms with Crippen LogP contribution in [0.25, 0.3) is 0 Å². The number of ether oxygens (including phenoxy) is 1. The molecule has 0 fully saturated rings. The second-order valence-corrected chi connectivity index (χ2v) is 3.60. The molecule has 16 heavy (non-hydrogen) atoms. The Balaban J connectivity index is 1.70. The molecular formula is C13H15NO2. The Hall–Kier alpha value is -1.90. The molecule has 1 heterocycles.